The molecule has 21 heavy (non-hydrogen) atoms. The van der Waals surface area contributed by atoms with E-state index >= 15 is 0 Å². The average molecular weight is 365 g/mol. The summed E-state index contributed by atoms with van der Waals surface area (Å²) in [6.45, 7) is 0.929. The Labute approximate surface area is 131 Å². The highest BCUT2D eigenvalue weighted by Gasteiger charge is 2.36. The summed E-state index contributed by atoms with van der Waals surface area (Å²) in [6.07, 6.45) is -4.62. The number of rotatable bonds is 3. The van der Waals surface area contributed by atoms with Gasteiger partial charge in [0.15, 0.2) is 0 Å². The molecule has 1 aromatic carbocycles. The highest BCUT2D eigenvalue weighted by Crippen LogP contribution is 2.34. The lowest BCUT2D eigenvalue weighted by molar-refractivity contribution is -0.137. The van der Waals surface area contributed by atoms with E-state index in [-0.39, 0.29) is 23.5 Å². The highest BCUT2D eigenvalue weighted by molar-refractivity contribution is 7.89. The third-order valence-electron chi connectivity index (χ3n) is 3.19. The number of sulfonamides is 1. The molecule has 1 aromatic rings. The number of hydrogen-bond acceptors (Lipinski definition) is 3. The lowest BCUT2D eigenvalue weighted by Crippen LogP contribution is -2.57. The topological polar surface area (TPSA) is 49.4 Å². The Morgan fingerprint density at radius 1 is 1.33 bits per heavy atom. The van der Waals surface area contributed by atoms with E-state index < -0.39 is 26.7 Å². The Bertz CT molecular complexity index is 618. The zero-order chi connectivity index (χ0) is 15.1. The molecule has 0 bridgehead atoms. The van der Waals surface area contributed by atoms with Crippen molar-refractivity contribution in [3.05, 3.63) is 28.8 Å². The van der Waals surface area contributed by atoms with E-state index in [4.69, 9.17) is 11.6 Å². The second-order valence-electron chi connectivity index (χ2n) is 4.48. The Kier molecular flexibility index (Phi) is 5.55. The van der Waals surface area contributed by atoms with Crippen LogP contribution in [0.15, 0.2) is 23.1 Å². The van der Waals surface area contributed by atoms with E-state index in [1.165, 1.54) is 7.05 Å². The Morgan fingerprint density at radius 2 is 1.90 bits per heavy atom. The monoisotopic (exact) mass is 364 g/mol. The van der Waals surface area contributed by atoms with E-state index in [0.29, 0.717) is 19.2 Å². The molecule has 0 aromatic heterocycles. The number of hydrogen-bond donors (Lipinski definition) is 1. The summed E-state index contributed by atoms with van der Waals surface area (Å²) in [4.78, 5) is -0.525. The Hall–Kier alpha value is -0.540. The molecule has 1 fully saturated rings. The molecule has 120 valence electrons. The molecule has 0 spiro atoms. The van der Waals surface area contributed by atoms with Gasteiger partial charge in [0.1, 0.15) is 4.90 Å². The van der Waals surface area contributed by atoms with E-state index in [0.717, 1.165) is 16.4 Å². The predicted octanol–water partition coefficient (Wildman–Crippen LogP) is 2.37. The molecule has 0 saturated carbocycles. The summed E-state index contributed by atoms with van der Waals surface area (Å²) < 4.78 is 63.7. The number of halogens is 5. The van der Waals surface area contributed by atoms with Crippen molar-refractivity contribution in [1.29, 1.82) is 0 Å². The van der Waals surface area contributed by atoms with Crippen LogP contribution in [-0.4, -0.2) is 38.9 Å². The fourth-order valence-corrected chi connectivity index (χ4v) is 3.61. The second kappa shape index (κ2) is 6.29. The molecule has 0 atom stereocenters. The fraction of sp³-hybridized carbons (Fsp3) is 0.455. The van der Waals surface area contributed by atoms with Gasteiger partial charge in [0, 0.05) is 26.2 Å². The number of nitrogens with one attached hydrogen (secondary N) is 1. The standard InChI is InChI=1S/C11H12ClF3N2O2S.ClH/c1-17(8-5-16-6-8)20(18,19)10-4-7(11(13,14)15)2-3-9(10)12;/h2-4,8,16H,5-6H2,1H3;1H. The van der Waals surface area contributed by atoms with Crippen molar-refractivity contribution in [2.75, 3.05) is 20.1 Å². The Balaban J connectivity index is 0.00000220. The van der Waals surface area contributed by atoms with Gasteiger partial charge in [0.2, 0.25) is 10.0 Å². The minimum atomic E-state index is -4.62. The van der Waals surface area contributed by atoms with Gasteiger partial charge in [-0.1, -0.05) is 11.6 Å². The number of benzene rings is 1. The van der Waals surface area contributed by atoms with Crippen molar-refractivity contribution in [2.45, 2.75) is 17.1 Å². The quantitative estimate of drug-likeness (QED) is 0.895. The van der Waals surface area contributed by atoms with Crippen LogP contribution >= 0.6 is 24.0 Å². The van der Waals surface area contributed by atoms with Gasteiger partial charge in [-0.2, -0.15) is 17.5 Å². The van der Waals surface area contributed by atoms with Crippen molar-refractivity contribution in [3.63, 3.8) is 0 Å². The summed E-state index contributed by atoms with van der Waals surface area (Å²) in [7, 11) is -2.72. The number of nitrogens with zero attached hydrogens (tertiary/aromatic N) is 1. The maximum atomic E-state index is 12.7. The van der Waals surface area contributed by atoms with E-state index in [1.807, 2.05) is 0 Å². The normalized spacial score (nSPS) is 16.5. The first kappa shape index (κ1) is 18.5. The molecule has 0 unspecified atom stereocenters. The molecule has 0 aliphatic carbocycles. The van der Waals surface area contributed by atoms with Gasteiger partial charge < -0.3 is 5.32 Å². The third-order valence-corrected chi connectivity index (χ3v) is 5.58. The molecule has 4 nitrogen and oxygen atoms in total. The predicted molar refractivity (Wildman–Crippen MR) is 75.3 cm³/mol. The van der Waals surface area contributed by atoms with Gasteiger partial charge in [-0.05, 0) is 18.2 Å². The summed E-state index contributed by atoms with van der Waals surface area (Å²) in [5.74, 6) is 0. The SMILES string of the molecule is CN(C1CNC1)S(=O)(=O)c1cc(C(F)(F)F)ccc1Cl.Cl. The molecular formula is C11H13Cl2F3N2O2S. The van der Waals surface area contributed by atoms with Gasteiger partial charge in [0.25, 0.3) is 0 Å². The van der Waals surface area contributed by atoms with Crippen LogP contribution < -0.4 is 5.32 Å². The van der Waals surface area contributed by atoms with Crippen molar-refractivity contribution < 1.29 is 21.6 Å². The van der Waals surface area contributed by atoms with Crippen molar-refractivity contribution in [1.82, 2.24) is 9.62 Å². The minimum absolute atomic E-state index is 0. The average Bonchev–Trinajstić information content (AvgIpc) is 2.25. The van der Waals surface area contributed by atoms with Crippen LogP contribution in [0.2, 0.25) is 5.02 Å². The van der Waals surface area contributed by atoms with Crippen LogP contribution in [0.1, 0.15) is 5.56 Å². The molecule has 1 heterocycles. The lowest BCUT2D eigenvalue weighted by Gasteiger charge is -2.34. The first-order chi connectivity index (χ1) is 9.14. The smallest absolute Gasteiger partial charge is 0.313 e. The minimum Gasteiger partial charge on any atom is -0.313 e. The van der Waals surface area contributed by atoms with Gasteiger partial charge in [-0.15, -0.1) is 12.4 Å². The van der Waals surface area contributed by atoms with E-state index in [9.17, 15) is 21.6 Å². The molecule has 1 aliphatic rings. The van der Waals surface area contributed by atoms with Crippen LogP contribution in [0.3, 0.4) is 0 Å². The number of likely N-dealkylation sites (N-methyl/N-ethyl adjacent to an activating group) is 1. The summed E-state index contributed by atoms with van der Waals surface area (Å²) in [6, 6.07) is 2.00. The third kappa shape index (κ3) is 3.62. The summed E-state index contributed by atoms with van der Waals surface area (Å²) >= 11 is 5.75. The Morgan fingerprint density at radius 3 is 2.33 bits per heavy atom. The first-order valence-corrected chi connectivity index (χ1v) is 7.51. The van der Waals surface area contributed by atoms with Crippen molar-refractivity contribution >= 4 is 34.0 Å². The van der Waals surface area contributed by atoms with Crippen molar-refractivity contribution in [3.8, 4) is 0 Å². The van der Waals surface area contributed by atoms with Crippen LogP contribution in [0.5, 0.6) is 0 Å². The largest absolute Gasteiger partial charge is 0.416 e. The molecule has 0 radical (unpaired) electrons. The number of alkyl halides is 3. The molecule has 2 rings (SSSR count). The van der Waals surface area contributed by atoms with Crippen LogP contribution in [-0.2, 0) is 16.2 Å². The van der Waals surface area contributed by atoms with Gasteiger partial charge in [-0.25, -0.2) is 8.42 Å². The summed E-state index contributed by atoms with van der Waals surface area (Å²) in [5.41, 5.74) is -1.04. The highest BCUT2D eigenvalue weighted by atomic mass is 35.5. The molecule has 1 aliphatic heterocycles. The maximum Gasteiger partial charge on any atom is 0.416 e. The zero-order valence-electron chi connectivity index (χ0n) is 10.8. The van der Waals surface area contributed by atoms with Crippen LogP contribution in [0.25, 0.3) is 0 Å². The molecule has 1 N–H and O–H groups in total. The molecular weight excluding hydrogens is 352 g/mol. The lowest BCUT2D eigenvalue weighted by atomic mass is 10.2. The maximum absolute atomic E-state index is 12.7. The fourth-order valence-electron chi connectivity index (χ4n) is 1.76. The summed E-state index contributed by atoms with van der Waals surface area (Å²) in [5, 5.41) is 2.67. The molecule has 10 heteroatoms. The van der Waals surface area contributed by atoms with Crippen LogP contribution in [0, 0.1) is 0 Å². The first-order valence-electron chi connectivity index (χ1n) is 5.69. The van der Waals surface area contributed by atoms with E-state index in [1.54, 1.807) is 0 Å². The van der Waals surface area contributed by atoms with Gasteiger partial charge in [-0.3, -0.25) is 0 Å². The second-order valence-corrected chi connectivity index (χ2v) is 6.85. The van der Waals surface area contributed by atoms with Gasteiger partial charge >= 0.3 is 6.18 Å². The zero-order valence-corrected chi connectivity index (χ0v) is 13.2. The van der Waals surface area contributed by atoms with E-state index in [2.05, 4.69) is 5.32 Å². The molecule has 0 amide bonds. The van der Waals surface area contributed by atoms with Gasteiger partial charge in [0.05, 0.1) is 10.6 Å². The molecule has 1 saturated heterocycles. The van der Waals surface area contributed by atoms with Crippen molar-refractivity contribution in [2.24, 2.45) is 0 Å². The van der Waals surface area contributed by atoms with Crippen LogP contribution in [0.4, 0.5) is 13.2 Å².